The van der Waals surface area contributed by atoms with Crippen LogP contribution in [0, 0.1) is 5.92 Å². The Labute approximate surface area is 131 Å². The highest BCUT2D eigenvalue weighted by molar-refractivity contribution is 5.92. The smallest absolute Gasteiger partial charge is 0.0704 e. The van der Waals surface area contributed by atoms with E-state index in [1.807, 2.05) is 0 Å². The zero-order valence-corrected chi connectivity index (χ0v) is 12.8. The van der Waals surface area contributed by atoms with Crippen molar-refractivity contribution in [2.75, 3.05) is 0 Å². The molecular formula is C21H19N. The van der Waals surface area contributed by atoms with Crippen molar-refractivity contribution in [3.63, 3.8) is 0 Å². The van der Waals surface area contributed by atoms with Gasteiger partial charge in [0.25, 0.3) is 0 Å². The predicted molar refractivity (Wildman–Crippen MR) is 92.8 cm³/mol. The minimum Gasteiger partial charge on any atom is -0.333 e. The topological polar surface area (TPSA) is 4.93 Å². The average molecular weight is 285 g/mol. The summed E-state index contributed by atoms with van der Waals surface area (Å²) in [4.78, 5) is 0. The van der Waals surface area contributed by atoms with E-state index in [-0.39, 0.29) is 5.54 Å². The third kappa shape index (κ3) is 1.49. The lowest BCUT2D eigenvalue weighted by molar-refractivity contribution is 0.562. The molecule has 0 spiro atoms. The second-order valence-electron chi connectivity index (χ2n) is 6.75. The van der Waals surface area contributed by atoms with Crippen molar-refractivity contribution in [2.45, 2.75) is 25.3 Å². The van der Waals surface area contributed by atoms with Gasteiger partial charge in [-0.3, -0.25) is 0 Å². The SMILES string of the molecule is CC1=CC2CC2(n2c3c(c4ccccc42)C=CC=CC3)C=C1. The Morgan fingerprint density at radius 2 is 2.05 bits per heavy atom. The Kier molecular flexibility index (Phi) is 2.31. The molecule has 0 N–H and O–H groups in total. The van der Waals surface area contributed by atoms with Gasteiger partial charge in [0.1, 0.15) is 0 Å². The van der Waals surface area contributed by atoms with Crippen molar-refractivity contribution in [1.82, 2.24) is 4.57 Å². The van der Waals surface area contributed by atoms with Gasteiger partial charge in [0.2, 0.25) is 0 Å². The second-order valence-corrected chi connectivity index (χ2v) is 6.75. The molecule has 3 aliphatic rings. The third-order valence-corrected chi connectivity index (χ3v) is 5.38. The molecule has 5 rings (SSSR count). The quantitative estimate of drug-likeness (QED) is 0.695. The van der Waals surface area contributed by atoms with Gasteiger partial charge in [0.15, 0.2) is 0 Å². The maximum absolute atomic E-state index is 2.63. The normalized spacial score (nSPS) is 28.2. The first-order valence-electron chi connectivity index (χ1n) is 8.13. The van der Waals surface area contributed by atoms with Gasteiger partial charge in [-0.05, 0) is 19.4 Å². The first kappa shape index (κ1) is 12.3. The first-order valence-corrected chi connectivity index (χ1v) is 8.13. The summed E-state index contributed by atoms with van der Waals surface area (Å²) in [5.74, 6) is 0.661. The minimum atomic E-state index is 0.179. The molecule has 0 bridgehead atoms. The lowest BCUT2D eigenvalue weighted by Gasteiger charge is -2.22. The fourth-order valence-corrected chi connectivity index (χ4v) is 4.26. The number of aromatic nitrogens is 1. The number of rotatable bonds is 1. The van der Waals surface area contributed by atoms with Gasteiger partial charge in [0, 0.05) is 34.5 Å². The molecule has 1 heterocycles. The van der Waals surface area contributed by atoms with Gasteiger partial charge in [-0.15, -0.1) is 0 Å². The van der Waals surface area contributed by atoms with Crippen molar-refractivity contribution in [3.05, 3.63) is 77.6 Å². The van der Waals surface area contributed by atoms with E-state index in [1.165, 1.54) is 34.2 Å². The van der Waals surface area contributed by atoms with Crippen LogP contribution in [0.3, 0.4) is 0 Å². The van der Waals surface area contributed by atoms with E-state index >= 15 is 0 Å². The molecule has 2 unspecified atom stereocenters. The fraction of sp³-hybridized carbons (Fsp3) is 0.238. The van der Waals surface area contributed by atoms with E-state index < -0.39 is 0 Å². The summed E-state index contributed by atoms with van der Waals surface area (Å²) in [6.45, 7) is 2.21. The molecule has 1 heteroatoms. The summed E-state index contributed by atoms with van der Waals surface area (Å²) in [5, 5.41) is 1.39. The summed E-state index contributed by atoms with van der Waals surface area (Å²) in [6.07, 6.45) is 18.3. The predicted octanol–water partition coefficient (Wildman–Crippen LogP) is 5.00. The van der Waals surface area contributed by atoms with E-state index in [4.69, 9.17) is 0 Å². The van der Waals surface area contributed by atoms with Crippen LogP contribution in [-0.2, 0) is 12.0 Å². The van der Waals surface area contributed by atoms with Crippen molar-refractivity contribution in [2.24, 2.45) is 5.92 Å². The zero-order valence-electron chi connectivity index (χ0n) is 12.8. The highest BCUT2D eigenvalue weighted by Crippen LogP contribution is 2.57. The van der Waals surface area contributed by atoms with Gasteiger partial charge < -0.3 is 4.57 Å². The number of benzene rings is 1. The molecule has 2 atom stereocenters. The molecule has 0 radical (unpaired) electrons. The summed E-state index contributed by atoms with van der Waals surface area (Å²) < 4.78 is 2.63. The summed E-state index contributed by atoms with van der Waals surface area (Å²) in [5.41, 5.74) is 5.83. The monoisotopic (exact) mass is 285 g/mol. The van der Waals surface area contributed by atoms with E-state index in [0.717, 1.165) is 6.42 Å². The average Bonchev–Trinajstić information content (AvgIpc) is 3.22. The molecule has 1 aromatic carbocycles. The molecule has 1 saturated carbocycles. The number of fused-ring (bicyclic) bond motifs is 4. The number of hydrogen-bond acceptors (Lipinski definition) is 0. The van der Waals surface area contributed by atoms with Gasteiger partial charge >= 0.3 is 0 Å². The van der Waals surface area contributed by atoms with Crippen LogP contribution in [0.15, 0.2) is 66.3 Å². The van der Waals surface area contributed by atoms with Gasteiger partial charge in [0.05, 0.1) is 5.54 Å². The molecule has 1 nitrogen and oxygen atoms in total. The lowest BCUT2D eigenvalue weighted by atomic mass is 10.0. The number of hydrogen-bond donors (Lipinski definition) is 0. The molecule has 1 fully saturated rings. The maximum Gasteiger partial charge on any atom is 0.0704 e. The molecule has 0 aliphatic heterocycles. The Bertz CT molecular complexity index is 903. The standard InChI is InChI=1S/C21H19N/c1-15-11-12-21(14-16(21)13-15)22-19-9-4-2-3-7-17(19)18-8-5-6-10-20(18)22/h2-8,10-13,16H,9,14H2,1H3. The Morgan fingerprint density at radius 3 is 2.95 bits per heavy atom. The first-order chi connectivity index (χ1) is 10.8. The van der Waals surface area contributed by atoms with Crippen LogP contribution >= 0.6 is 0 Å². The van der Waals surface area contributed by atoms with Crippen molar-refractivity contribution < 1.29 is 0 Å². The molecule has 1 aromatic heterocycles. The van der Waals surface area contributed by atoms with Crippen LogP contribution in [0.1, 0.15) is 24.6 Å². The molecule has 0 amide bonds. The largest absolute Gasteiger partial charge is 0.333 e. The van der Waals surface area contributed by atoms with Crippen LogP contribution < -0.4 is 0 Å². The second kappa shape index (κ2) is 4.13. The summed E-state index contributed by atoms with van der Waals surface area (Å²) >= 11 is 0. The molecule has 3 aliphatic carbocycles. The maximum atomic E-state index is 2.63. The van der Waals surface area contributed by atoms with Gasteiger partial charge in [-0.1, -0.05) is 66.3 Å². The van der Waals surface area contributed by atoms with Crippen LogP contribution in [-0.4, -0.2) is 4.57 Å². The number of nitrogens with zero attached hydrogens (tertiary/aromatic N) is 1. The van der Waals surface area contributed by atoms with Crippen LogP contribution in [0.5, 0.6) is 0 Å². The molecular weight excluding hydrogens is 266 g/mol. The summed E-state index contributed by atoms with van der Waals surface area (Å²) in [6, 6.07) is 8.87. The van der Waals surface area contributed by atoms with E-state index in [9.17, 15) is 0 Å². The molecule has 108 valence electrons. The van der Waals surface area contributed by atoms with Crippen molar-refractivity contribution >= 4 is 17.0 Å². The summed E-state index contributed by atoms with van der Waals surface area (Å²) in [7, 11) is 0. The third-order valence-electron chi connectivity index (χ3n) is 5.38. The number of para-hydroxylation sites is 1. The Morgan fingerprint density at radius 1 is 1.14 bits per heavy atom. The number of allylic oxidation sites excluding steroid dienone is 7. The van der Waals surface area contributed by atoms with Crippen molar-refractivity contribution in [3.8, 4) is 0 Å². The Hall–Kier alpha value is -2.28. The van der Waals surface area contributed by atoms with Crippen molar-refractivity contribution in [1.29, 1.82) is 0 Å². The highest BCUT2D eigenvalue weighted by Gasteiger charge is 2.55. The van der Waals surface area contributed by atoms with Crippen LogP contribution in [0.2, 0.25) is 0 Å². The fourth-order valence-electron chi connectivity index (χ4n) is 4.26. The molecule has 0 saturated heterocycles. The lowest BCUT2D eigenvalue weighted by Crippen LogP contribution is -2.20. The molecule has 22 heavy (non-hydrogen) atoms. The molecule has 2 aromatic rings. The van der Waals surface area contributed by atoms with Crippen LogP contribution in [0.4, 0.5) is 0 Å². The van der Waals surface area contributed by atoms with Gasteiger partial charge in [-0.2, -0.15) is 0 Å². The van der Waals surface area contributed by atoms with Gasteiger partial charge in [-0.25, -0.2) is 0 Å². The Balaban J connectivity index is 1.82. The minimum absolute atomic E-state index is 0.179. The van der Waals surface area contributed by atoms with Crippen LogP contribution in [0.25, 0.3) is 17.0 Å². The zero-order chi connectivity index (χ0) is 14.7. The van der Waals surface area contributed by atoms with E-state index in [2.05, 4.69) is 78.3 Å². The highest BCUT2D eigenvalue weighted by atomic mass is 15.1. The van der Waals surface area contributed by atoms with E-state index in [1.54, 1.807) is 0 Å². The van der Waals surface area contributed by atoms with E-state index in [0.29, 0.717) is 5.92 Å².